The number of esters is 1. The van der Waals surface area contributed by atoms with Crippen LogP contribution in [0.4, 0.5) is 0 Å². The lowest BCUT2D eigenvalue weighted by atomic mass is 10.2. The van der Waals surface area contributed by atoms with Crippen LogP contribution in [0.2, 0.25) is 0 Å². The molecule has 3 rings (SSSR count). The number of hydrogen-bond donors (Lipinski definition) is 0. The second-order valence-electron chi connectivity index (χ2n) is 5.38. The Morgan fingerprint density at radius 2 is 1.88 bits per heavy atom. The number of nitrogens with zero attached hydrogens (tertiary/aromatic N) is 1. The summed E-state index contributed by atoms with van der Waals surface area (Å²) in [6.07, 6.45) is 0. The van der Waals surface area contributed by atoms with Gasteiger partial charge in [0, 0.05) is 11.5 Å². The highest BCUT2D eigenvalue weighted by Crippen LogP contribution is 2.46. The highest BCUT2D eigenvalue weighted by atomic mass is 32.2. The van der Waals surface area contributed by atoms with Crippen LogP contribution in [0.3, 0.4) is 0 Å². The van der Waals surface area contributed by atoms with E-state index >= 15 is 0 Å². The van der Waals surface area contributed by atoms with Crippen LogP contribution in [0.15, 0.2) is 42.5 Å². The minimum atomic E-state index is -0.523. The Bertz CT molecular complexity index is 811. The molecule has 0 spiro atoms. The van der Waals surface area contributed by atoms with Crippen molar-refractivity contribution in [2.24, 2.45) is 0 Å². The highest BCUT2D eigenvalue weighted by molar-refractivity contribution is 8.19. The summed E-state index contributed by atoms with van der Waals surface area (Å²) in [5.74, 6) is 3.16. The van der Waals surface area contributed by atoms with Gasteiger partial charge in [-0.25, -0.2) is 4.79 Å². The number of rotatable bonds is 6. The molecule has 0 N–H and O–H groups in total. The third kappa shape index (κ3) is 4.65. The molecule has 0 saturated carbocycles. The number of benzene rings is 2. The van der Waals surface area contributed by atoms with E-state index in [1.807, 2.05) is 41.7 Å². The van der Waals surface area contributed by atoms with Gasteiger partial charge in [-0.15, -0.1) is 23.5 Å². The quantitative estimate of drug-likeness (QED) is 0.547. The average Bonchev–Trinajstić information content (AvgIpc) is 3.22. The minimum Gasteiger partial charge on any atom is -0.493 e. The molecule has 1 heterocycles. The Morgan fingerprint density at radius 3 is 2.54 bits per heavy atom. The van der Waals surface area contributed by atoms with Crippen LogP contribution in [0, 0.1) is 11.3 Å². The van der Waals surface area contributed by atoms with Crippen LogP contribution >= 0.6 is 23.5 Å². The first-order chi connectivity index (χ1) is 12.7. The highest BCUT2D eigenvalue weighted by Gasteiger charge is 2.20. The third-order valence-corrected chi connectivity index (χ3v) is 6.75. The van der Waals surface area contributed by atoms with Crippen molar-refractivity contribution in [3.8, 4) is 23.3 Å². The summed E-state index contributed by atoms with van der Waals surface area (Å²) in [5.41, 5.74) is 1.69. The van der Waals surface area contributed by atoms with Gasteiger partial charge < -0.3 is 14.2 Å². The Kier molecular flexibility index (Phi) is 6.31. The number of nitriles is 1. The maximum atomic E-state index is 12.1. The van der Waals surface area contributed by atoms with Crippen molar-refractivity contribution in [1.29, 1.82) is 5.26 Å². The molecule has 0 bridgehead atoms. The molecular formula is C19H17NO4S2. The van der Waals surface area contributed by atoms with E-state index in [-0.39, 0.29) is 6.61 Å². The van der Waals surface area contributed by atoms with E-state index in [0.717, 1.165) is 17.1 Å². The van der Waals surface area contributed by atoms with Crippen molar-refractivity contribution < 1.29 is 19.0 Å². The molecule has 2 aromatic rings. The van der Waals surface area contributed by atoms with Gasteiger partial charge in [-0.3, -0.25) is 0 Å². The second-order valence-corrected chi connectivity index (χ2v) is 8.11. The predicted octanol–water partition coefficient (Wildman–Crippen LogP) is 4.03. The number of thioether (sulfide) groups is 2. The lowest BCUT2D eigenvalue weighted by molar-refractivity contribution is -0.136. The van der Waals surface area contributed by atoms with Crippen molar-refractivity contribution >= 4 is 29.5 Å². The zero-order valence-electron chi connectivity index (χ0n) is 14.1. The molecule has 26 heavy (non-hydrogen) atoms. The van der Waals surface area contributed by atoms with E-state index in [1.165, 1.54) is 0 Å². The van der Waals surface area contributed by atoms with Gasteiger partial charge in [0.25, 0.3) is 0 Å². The van der Waals surface area contributed by atoms with Crippen molar-refractivity contribution in [2.75, 3.05) is 25.2 Å². The van der Waals surface area contributed by atoms with Gasteiger partial charge in [-0.1, -0.05) is 6.07 Å². The smallest absolute Gasteiger partial charge is 0.349 e. The number of carbonyl (C=O) groups is 1. The summed E-state index contributed by atoms with van der Waals surface area (Å²) in [5, 5.41) is 8.77. The number of hydrogen-bond acceptors (Lipinski definition) is 7. The Morgan fingerprint density at radius 1 is 1.15 bits per heavy atom. The lowest BCUT2D eigenvalue weighted by Crippen LogP contribution is -2.18. The molecule has 0 unspecified atom stereocenters. The standard InChI is InChI=1S/C19H17NO4S2/c1-22-17-10-14(19-25-8-9-26-19)4-7-16(17)24-18(21)12-23-15-5-2-13(11-20)3-6-15/h2-7,10,19H,8-9,12H2,1H3. The molecule has 134 valence electrons. The van der Waals surface area contributed by atoms with Gasteiger partial charge in [0.05, 0.1) is 23.3 Å². The maximum Gasteiger partial charge on any atom is 0.349 e. The minimum absolute atomic E-state index is 0.231. The van der Waals surface area contributed by atoms with E-state index in [1.54, 1.807) is 37.4 Å². The fourth-order valence-corrected chi connectivity index (χ4v) is 5.22. The first-order valence-corrected chi connectivity index (χ1v) is 10.0. The summed E-state index contributed by atoms with van der Waals surface area (Å²) in [6.45, 7) is -0.231. The topological polar surface area (TPSA) is 68.6 Å². The molecule has 0 radical (unpaired) electrons. The van der Waals surface area contributed by atoms with Crippen LogP contribution < -0.4 is 14.2 Å². The fraction of sp³-hybridized carbons (Fsp3) is 0.263. The number of ether oxygens (including phenoxy) is 3. The molecule has 7 heteroatoms. The normalized spacial score (nSPS) is 13.8. The Labute approximate surface area is 160 Å². The molecule has 0 amide bonds. The first-order valence-electron chi connectivity index (χ1n) is 7.94. The van der Waals surface area contributed by atoms with Gasteiger partial charge in [-0.05, 0) is 42.0 Å². The summed E-state index contributed by atoms with van der Waals surface area (Å²) in [7, 11) is 1.55. The lowest BCUT2D eigenvalue weighted by Gasteiger charge is -2.14. The van der Waals surface area contributed by atoms with Crippen molar-refractivity contribution in [3.63, 3.8) is 0 Å². The predicted molar refractivity (Wildman–Crippen MR) is 103 cm³/mol. The van der Waals surface area contributed by atoms with Crippen molar-refractivity contribution in [2.45, 2.75) is 4.58 Å². The van der Waals surface area contributed by atoms with Gasteiger partial charge in [0.1, 0.15) is 5.75 Å². The van der Waals surface area contributed by atoms with E-state index in [0.29, 0.717) is 27.4 Å². The van der Waals surface area contributed by atoms with E-state index in [2.05, 4.69) is 0 Å². The monoisotopic (exact) mass is 387 g/mol. The molecule has 0 aliphatic carbocycles. The van der Waals surface area contributed by atoms with Gasteiger partial charge in [0.15, 0.2) is 18.1 Å². The Hall–Kier alpha value is -2.30. The molecule has 2 aromatic carbocycles. The van der Waals surface area contributed by atoms with Crippen LogP contribution in [-0.2, 0) is 4.79 Å². The van der Waals surface area contributed by atoms with Crippen LogP contribution in [0.5, 0.6) is 17.2 Å². The Balaban J connectivity index is 1.60. The van der Waals surface area contributed by atoms with Gasteiger partial charge in [0.2, 0.25) is 0 Å². The third-order valence-electron chi connectivity index (χ3n) is 3.65. The molecule has 1 saturated heterocycles. The van der Waals surface area contributed by atoms with Gasteiger partial charge in [-0.2, -0.15) is 5.26 Å². The molecular weight excluding hydrogens is 370 g/mol. The molecule has 1 aliphatic rings. The number of methoxy groups -OCH3 is 1. The van der Waals surface area contributed by atoms with Crippen molar-refractivity contribution in [3.05, 3.63) is 53.6 Å². The average molecular weight is 387 g/mol. The van der Waals surface area contributed by atoms with Gasteiger partial charge >= 0.3 is 5.97 Å². The van der Waals surface area contributed by atoms with Crippen LogP contribution in [0.25, 0.3) is 0 Å². The summed E-state index contributed by atoms with van der Waals surface area (Å²) >= 11 is 3.80. The fourth-order valence-electron chi connectivity index (χ4n) is 2.39. The molecule has 0 aromatic heterocycles. The number of carbonyl (C=O) groups excluding carboxylic acids is 1. The molecule has 0 atom stereocenters. The van der Waals surface area contributed by atoms with E-state index in [4.69, 9.17) is 19.5 Å². The molecule has 1 fully saturated rings. The first kappa shape index (κ1) is 18.5. The second kappa shape index (κ2) is 8.88. The summed E-state index contributed by atoms with van der Waals surface area (Å²) < 4.78 is 16.5. The summed E-state index contributed by atoms with van der Waals surface area (Å²) in [4.78, 5) is 12.1. The van der Waals surface area contributed by atoms with Crippen LogP contribution in [-0.4, -0.2) is 31.2 Å². The van der Waals surface area contributed by atoms with E-state index < -0.39 is 5.97 Å². The maximum absolute atomic E-state index is 12.1. The zero-order chi connectivity index (χ0) is 18.4. The molecule has 1 aliphatic heterocycles. The zero-order valence-corrected chi connectivity index (χ0v) is 15.8. The summed E-state index contributed by atoms with van der Waals surface area (Å²) in [6, 6.07) is 14.2. The largest absolute Gasteiger partial charge is 0.493 e. The SMILES string of the molecule is COc1cc(C2SCCS2)ccc1OC(=O)COc1ccc(C#N)cc1. The van der Waals surface area contributed by atoms with E-state index in [9.17, 15) is 4.79 Å². The van der Waals surface area contributed by atoms with Crippen molar-refractivity contribution in [1.82, 2.24) is 0 Å². The van der Waals surface area contributed by atoms with Crippen LogP contribution in [0.1, 0.15) is 15.7 Å². The molecule has 5 nitrogen and oxygen atoms in total.